The zero-order valence-electron chi connectivity index (χ0n) is 10.8. The number of ether oxygens (including phenoxy) is 1. The molecule has 2 aromatic carbocycles. The highest BCUT2D eigenvalue weighted by Crippen LogP contribution is 2.32. The molecule has 1 N–H and O–H groups in total. The van der Waals surface area contributed by atoms with Gasteiger partial charge in [-0.1, -0.05) is 29.8 Å². The molecule has 0 heterocycles. The Morgan fingerprint density at radius 3 is 2.68 bits per heavy atom. The minimum absolute atomic E-state index is 0.117. The third-order valence-corrected chi connectivity index (χ3v) is 3.83. The van der Waals surface area contributed by atoms with Gasteiger partial charge in [-0.2, -0.15) is 0 Å². The summed E-state index contributed by atoms with van der Waals surface area (Å²) in [6.07, 6.45) is 0. The van der Waals surface area contributed by atoms with Crippen molar-refractivity contribution in [2.75, 3.05) is 12.4 Å². The second-order valence-electron chi connectivity index (χ2n) is 4.23. The van der Waals surface area contributed by atoms with E-state index in [0.29, 0.717) is 5.02 Å². The van der Waals surface area contributed by atoms with E-state index in [9.17, 15) is 0 Å². The van der Waals surface area contributed by atoms with E-state index in [2.05, 4.69) is 34.2 Å². The Morgan fingerprint density at radius 1 is 1.21 bits per heavy atom. The topological polar surface area (TPSA) is 21.3 Å². The summed E-state index contributed by atoms with van der Waals surface area (Å²) in [6.45, 7) is 2.09. The molecule has 100 valence electrons. The van der Waals surface area contributed by atoms with Crippen molar-refractivity contribution in [3.63, 3.8) is 0 Å². The van der Waals surface area contributed by atoms with Crippen molar-refractivity contribution in [3.8, 4) is 5.75 Å². The van der Waals surface area contributed by atoms with Crippen molar-refractivity contribution in [1.29, 1.82) is 0 Å². The highest BCUT2D eigenvalue weighted by atomic mass is 79.9. The van der Waals surface area contributed by atoms with Crippen molar-refractivity contribution < 1.29 is 4.74 Å². The molecule has 0 spiro atoms. The van der Waals surface area contributed by atoms with Crippen LogP contribution in [0.1, 0.15) is 18.5 Å². The summed E-state index contributed by atoms with van der Waals surface area (Å²) in [6, 6.07) is 13.8. The number of rotatable bonds is 4. The fraction of sp³-hybridized carbons (Fsp3) is 0.200. The number of anilines is 1. The van der Waals surface area contributed by atoms with Gasteiger partial charge in [0.25, 0.3) is 0 Å². The lowest BCUT2D eigenvalue weighted by molar-refractivity contribution is 0.408. The van der Waals surface area contributed by atoms with Gasteiger partial charge in [-0.15, -0.1) is 0 Å². The molecule has 19 heavy (non-hydrogen) atoms. The Morgan fingerprint density at radius 2 is 1.95 bits per heavy atom. The molecule has 2 rings (SSSR count). The Bertz CT molecular complexity index is 574. The molecule has 0 aromatic heterocycles. The van der Waals surface area contributed by atoms with Gasteiger partial charge in [-0.25, -0.2) is 0 Å². The first kappa shape index (κ1) is 14.2. The summed E-state index contributed by atoms with van der Waals surface area (Å²) in [4.78, 5) is 0. The number of halogens is 2. The van der Waals surface area contributed by atoms with Crippen LogP contribution < -0.4 is 10.1 Å². The van der Waals surface area contributed by atoms with Gasteiger partial charge in [0, 0.05) is 15.1 Å². The summed E-state index contributed by atoms with van der Waals surface area (Å²) in [7, 11) is 1.68. The molecule has 2 aromatic rings. The van der Waals surface area contributed by atoms with Gasteiger partial charge < -0.3 is 10.1 Å². The average molecular weight is 341 g/mol. The highest BCUT2D eigenvalue weighted by Gasteiger charge is 2.12. The number of hydrogen-bond acceptors (Lipinski definition) is 2. The lowest BCUT2D eigenvalue weighted by atomic mass is 10.1. The van der Waals surface area contributed by atoms with E-state index in [4.69, 9.17) is 16.3 Å². The van der Waals surface area contributed by atoms with Crippen LogP contribution in [0.15, 0.2) is 46.9 Å². The van der Waals surface area contributed by atoms with Gasteiger partial charge in [0.05, 0.1) is 18.8 Å². The van der Waals surface area contributed by atoms with Gasteiger partial charge >= 0.3 is 0 Å². The van der Waals surface area contributed by atoms with Crippen LogP contribution in [-0.2, 0) is 0 Å². The van der Waals surface area contributed by atoms with Crippen LogP contribution in [0, 0.1) is 0 Å². The Kier molecular flexibility index (Phi) is 4.72. The highest BCUT2D eigenvalue weighted by molar-refractivity contribution is 9.10. The summed E-state index contributed by atoms with van der Waals surface area (Å²) in [5.74, 6) is 0.876. The van der Waals surface area contributed by atoms with Crippen molar-refractivity contribution in [1.82, 2.24) is 0 Å². The second-order valence-corrected chi connectivity index (χ2v) is 5.52. The first-order valence-corrected chi connectivity index (χ1v) is 7.13. The maximum absolute atomic E-state index is 6.02. The van der Waals surface area contributed by atoms with Crippen LogP contribution in [0.25, 0.3) is 0 Å². The fourth-order valence-corrected chi connectivity index (χ4v) is 2.48. The van der Waals surface area contributed by atoms with Crippen LogP contribution in [0.3, 0.4) is 0 Å². The number of methoxy groups -OCH3 is 1. The molecular formula is C15H15BrClNO. The molecule has 0 aliphatic carbocycles. The zero-order valence-corrected chi connectivity index (χ0v) is 13.1. The van der Waals surface area contributed by atoms with Gasteiger partial charge in [-0.3, -0.25) is 0 Å². The number of hydrogen-bond donors (Lipinski definition) is 1. The first-order chi connectivity index (χ1) is 9.11. The Labute approximate surface area is 126 Å². The van der Waals surface area contributed by atoms with Gasteiger partial charge in [0.1, 0.15) is 5.75 Å². The molecule has 0 aliphatic rings. The van der Waals surface area contributed by atoms with E-state index in [1.165, 1.54) is 0 Å². The Balaban J connectivity index is 2.25. The lowest BCUT2D eigenvalue weighted by Crippen LogP contribution is -2.08. The normalized spacial score (nSPS) is 12.0. The molecule has 0 fully saturated rings. The summed E-state index contributed by atoms with van der Waals surface area (Å²) < 4.78 is 6.37. The minimum Gasteiger partial charge on any atom is -0.496 e. The van der Waals surface area contributed by atoms with Crippen molar-refractivity contribution in [2.24, 2.45) is 0 Å². The average Bonchev–Trinajstić information content (AvgIpc) is 2.42. The molecule has 0 aliphatic heterocycles. The van der Waals surface area contributed by atoms with Crippen LogP contribution in [-0.4, -0.2) is 7.11 Å². The smallest absolute Gasteiger partial charge is 0.124 e. The van der Waals surface area contributed by atoms with Crippen LogP contribution in [0.5, 0.6) is 5.75 Å². The van der Waals surface area contributed by atoms with Crippen molar-refractivity contribution in [2.45, 2.75) is 13.0 Å². The molecule has 2 nitrogen and oxygen atoms in total. The van der Waals surface area contributed by atoms with E-state index in [-0.39, 0.29) is 6.04 Å². The van der Waals surface area contributed by atoms with Gasteiger partial charge in [0.15, 0.2) is 0 Å². The number of nitrogens with one attached hydrogen (secondary N) is 1. The molecule has 0 saturated heterocycles. The predicted molar refractivity (Wildman–Crippen MR) is 84.2 cm³/mol. The number of benzene rings is 2. The maximum Gasteiger partial charge on any atom is 0.124 e. The van der Waals surface area contributed by atoms with Crippen molar-refractivity contribution in [3.05, 3.63) is 57.5 Å². The monoisotopic (exact) mass is 339 g/mol. The molecule has 4 heteroatoms. The molecule has 0 amide bonds. The van der Waals surface area contributed by atoms with E-state index in [0.717, 1.165) is 21.5 Å². The van der Waals surface area contributed by atoms with Gasteiger partial charge in [-0.05, 0) is 47.1 Å². The third kappa shape index (κ3) is 3.43. The summed E-state index contributed by atoms with van der Waals surface area (Å²) in [5, 5.41) is 4.14. The maximum atomic E-state index is 6.02. The standard InChI is InChI=1S/C15H15BrClNO/c1-10(12-5-3-4-6-15(12)19-2)18-14-9-11(17)7-8-13(14)16/h3-10,18H,1-2H3. The minimum atomic E-state index is 0.117. The lowest BCUT2D eigenvalue weighted by Gasteiger charge is -2.19. The van der Waals surface area contributed by atoms with E-state index >= 15 is 0 Å². The van der Waals surface area contributed by atoms with E-state index in [1.807, 2.05) is 36.4 Å². The SMILES string of the molecule is COc1ccccc1C(C)Nc1cc(Cl)ccc1Br. The molecule has 1 atom stereocenters. The third-order valence-electron chi connectivity index (χ3n) is 2.91. The molecular weight excluding hydrogens is 326 g/mol. The second kappa shape index (κ2) is 6.31. The van der Waals surface area contributed by atoms with Gasteiger partial charge in [0.2, 0.25) is 0 Å². The quantitative estimate of drug-likeness (QED) is 0.817. The summed E-state index contributed by atoms with van der Waals surface area (Å²) in [5.41, 5.74) is 2.07. The molecule has 0 saturated carbocycles. The Hall–Kier alpha value is -1.19. The van der Waals surface area contributed by atoms with Crippen LogP contribution >= 0.6 is 27.5 Å². The van der Waals surface area contributed by atoms with Crippen LogP contribution in [0.2, 0.25) is 5.02 Å². The van der Waals surface area contributed by atoms with Crippen LogP contribution in [0.4, 0.5) is 5.69 Å². The van der Waals surface area contributed by atoms with E-state index in [1.54, 1.807) is 7.11 Å². The molecule has 0 bridgehead atoms. The first-order valence-electron chi connectivity index (χ1n) is 5.96. The fourth-order valence-electron chi connectivity index (χ4n) is 1.94. The zero-order chi connectivity index (χ0) is 13.8. The van der Waals surface area contributed by atoms with E-state index < -0.39 is 0 Å². The molecule has 1 unspecified atom stereocenters. The number of para-hydroxylation sites is 1. The largest absolute Gasteiger partial charge is 0.496 e. The predicted octanol–water partition coefficient (Wildman–Crippen LogP) is 5.28. The summed E-state index contributed by atoms with van der Waals surface area (Å²) >= 11 is 9.53. The molecule has 0 radical (unpaired) electrons. The van der Waals surface area contributed by atoms with Crippen molar-refractivity contribution >= 4 is 33.2 Å².